The van der Waals surface area contributed by atoms with Gasteiger partial charge in [-0.1, -0.05) is 23.7 Å². The fourth-order valence-electron chi connectivity index (χ4n) is 2.39. The fourth-order valence-corrected chi connectivity index (χ4v) is 3.28. The van der Waals surface area contributed by atoms with Gasteiger partial charge in [0, 0.05) is 16.0 Å². The fraction of sp³-hybridized carbons (Fsp3) is 0.158. The standard InChI is InChI=1S/C19H18ClN3O2S/c1-11-4-5-13(8-12(11)2)16-10-26-19(22-16)23-18(24)21-15-9-14(20)6-7-17(15)25-3/h4-10H,1-3H3,(H2,21,22,23,24). The molecule has 2 aromatic carbocycles. The first-order valence-electron chi connectivity index (χ1n) is 7.91. The van der Waals surface area contributed by atoms with Crippen LogP contribution in [0.2, 0.25) is 5.02 Å². The van der Waals surface area contributed by atoms with E-state index in [1.54, 1.807) is 18.2 Å². The Morgan fingerprint density at radius 3 is 2.65 bits per heavy atom. The molecule has 0 radical (unpaired) electrons. The normalized spacial score (nSPS) is 10.5. The van der Waals surface area contributed by atoms with Crippen molar-refractivity contribution in [2.45, 2.75) is 13.8 Å². The number of hydrogen-bond donors (Lipinski definition) is 2. The summed E-state index contributed by atoms with van der Waals surface area (Å²) in [6, 6.07) is 10.8. The molecule has 0 aliphatic carbocycles. The van der Waals surface area contributed by atoms with Crippen LogP contribution in [0.25, 0.3) is 11.3 Å². The molecule has 0 saturated carbocycles. The number of carbonyl (C=O) groups is 1. The number of urea groups is 1. The maximum atomic E-state index is 12.3. The van der Waals surface area contributed by atoms with Gasteiger partial charge in [-0.15, -0.1) is 11.3 Å². The molecule has 0 aliphatic rings. The van der Waals surface area contributed by atoms with Crippen molar-refractivity contribution in [1.29, 1.82) is 0 Å². The lowest BCUT2D eigenvalue weighted by Crippen LogP contribution is -2.19. The van der Waals surface area contributed by atoms with Crippen LogP contribution in [-0.4, -0.2) is 18.1 Å². The third-order valence-electron chi connectivity index (χ3n) is 3.94. The molecule has 134 valence electrons. The summed E-state index contributed by atoms with van der Waals surface area (Å²) in [5.41, 5.74) is 4.78. The van der Waals surface area contributed by atoms with Crippen LogP contribution in [0.1, 0.15) is 11.1 Å². The van der Waals surface area contributed by atoms with Gasteiger partial charge in [0.05, 0.1) is 18.5 Å². The average Bonchev–Trinajstić information content (AvgIpc) is 3.06. The van der Waals surface area contributed by atoms with Crippen molar-refractivity contribution >= 4 is 39.8 Å². The number of aromatic nitrogens is 1. The Bertz CT molecular complexity index is 956. The smallest absolute Gasteiger partial charge is 0.325 e. The topological polar surface area (TPSA) is 63.2 Å². The third kappa shape index (κ3) is 4.15. The second-order valence-corrected chi connectivity index (χ2v) is 7.06. The van der Waals surface area contributed by atoms with Crippen LogP contribution in [0, 0.1) is 13.8 Å². The molecule has 1 heterocycles. The first kappa shape index (κ1) is 18.2. The Balaban J connectivity index is 1.72. The lowest BCUT2D eigenvalue weighted by atomic mass is 10.1. The number of thiazole rings is 1. The Kier molecular flexibility index (Phi) is 5.44. The van der Waals surface area contributed by atoms with Crippen LogP contribution in [0.3, 0.4) is 0 Å². The van der Waals surface area contributed by atoms with E-state index in [1.807, 2.05) is 11.4 Å². The first-order chi connectivity index (χ1) is 12.5. The molecule has 7 heteroatoms. The number of carbonyl (C=O) groups excluding carboxylic acids is 1. The number of hydrogen-bond acceptors (Lipinski definition) is 4. The summed E-state index contributed by atoms with van der Waals surface area (Å²) in [4.78, 5) is 16.7. The number of ether oxygens (including phenoxy) is 1. The first-order valence-corrected chi connectivity index (χ1v) is 9.16. The zero-order chi connectivity index (χ0) is 18.7. The quantitative estimate of drug-likeness (QED) is 0.600. The van der Waals surface area contributed by atoms with Crippen molar-refractivity contribution in [1.82, 2.24) is 4.98 Å². The minimum Gasteiger partial charge on any atom is -0.495 e. The summed E-state index contributed by atoms with van der Waals surface area (Å²) in [7, 11) is 1.53. The maximum absolute atomic E-state index is 12.3. The molecule has 0 saturated heterocycles. The molecule has 26 heavy (non-hydrogen) atoms. The van der Waals surface area contributed by atoms with E-state index in [9.17, 15) is 4.79 Å². The molecule has 5 nitrogen and oxygen atoms in total. The minimum absolute atomic E-state index is 0.411. The van der Waals surface area contributed by atoms with Gasteiger partial charge in [0.1, 0.15) is 5.75 Å². The number of nitrogens with one attached hydrogen (secondary N) is 2. The Labute approximate surface area is 161 Å². The Morgan fingerprint density at radius 2 is 1.92 bits per heavy atom. The van der Waals surface area contributed by atoms with Crippen LogP contribution in [0.4, 0.5) is 15.6 Å². The maximum Gasteiger partial charge on any atom is 0.325 e. The molecular formula is C19H18ClN3O2S. The second kappa shape index (κ2) is 7.76. The van der Waals surface area contributed by atoms with Gasteiger partial charge in [-0.05, 0) is 49.2 Å². The van der Waals surface area contributed by atoms with Crippen molar-refractivity contribution in [3.05, 3.63) is 57.9 Å². The van der Waals surface area contributed by atoms with Crippen LogP contribution in [0.5, 0.6) is 5.75 Å². The van der Waals surface area contributed by atoms with Crippen LogP contribution < -0.4 is 15.4 Å². The highest BCUT2D eigenvalue weighted by molar-refractivity contribution is 7.14. The molecule has 1 aromatic heterocycles. The number of rotatable bonds is 4. The number of anilines is 2. The van der Waals surface area contributed by atoms with E-state index in [-0.39, 0.29) is 0 Å². The van der Waals surface area contributed by atoms with Gasteiger partial charge >= 0.3 is 6.03 Å². The molecule has 2 N–H and O–H groups in total. The van der Waals surface area contributed by atoms with Crippen LogP contribution >= 0.6 is 22.9 Å². The number of methoxy groups -OCH3 is 1. The number of benzene rings is 2. The summed E-state index contributed by atoms with van der Waals surface area (Å²) in [6.45, 7) is 4.14. The molecule has 0 bridgehead atoms. The van der Waals surface area contributed by atoms with E-state index in [0.717, 1.165) is 11.3 Å². The van der Waals surface area contributed by atoms with Gasteiger partial charge in [0.2, 0.25) is 0 Å². The average molecular weight is 388 g/mol. The Hall–Kier alpha value is -2.57. The van der Waals surface area contributed by atoms with E-state index in [2.05, 4.69) is 41.6 Å². The summed E-state index contributed by atoms with van der Waals surface area (Å²) < 4.78 is 5.22. The predicted molar refractivity (Wildman–Crippen MR) is 108 cm³/mol. The van der Waals surface area contributed by atoms with Crippen molar-refractivity contribution in [3.63, 3.8) is 0 Å². The highest BCUT2D eigenvalue weighted by atomic mass is 35.5. The SMILES string of the molecule is COc1ccc(Cl)cc1NC(=O)Nc1nc(-c2ccc(C)c(C)c2)cs1. The zero-order valence-electron chi connectivity index (χ0n) is 14.6. The van der Waals surface area contributed by atoms with Crippen LogP contribution in [-0.2, 0) is 0 Å². The molecule has 0 unspecified atom stereocenters. The lowest BCUT2D eigenvalue weighted by molar-refractivity contribution is 0.262. The number of amides is 2. The molecule has 3 aromatic rings. The molecule has 0 atom stereocenters. The summed E-state index contributed by atoms with van der Waals surface area (Å²) in [5.74, 6) is 0.527. The summed E-state index contributed by atoms with van der Waals surface area (Å²) in [6.07, 6.45) is 0. The van der Waals surface area contributed by atoms with Gasteiger partial charge in [-0.3, -0.25) is 5.32 Å². The van der Waals surface area contributed by atoms with E-state index in [4.69, 9.17) is 16.3 Å². The summed E-state index contributed by atoms with van der Waals surface area (Å²) in [5, 5.41) is 8.39. The van der Waals surface area contributed by atoms with Gasteiger partial charge in [0.25, 0.3) is 0 Å². The zero-order valence-corrected chi connectivity index (χ0v) is 16.2. The van der Waals surface area contributed by atoms with E-state index < -0.39 is 6.03 Å². The summed E-state index contributed by atoms with van der Waals surface area (Å²) >= 11 is 7.34. The Morgan fingerprint density at radius 1 is 1.12 bits per heavy atom. The lowest BCUT2D eigenvalue weighted by Gasteiger charge is -2.10. The predicted octanol–water partition coefficient (Wildman–Crippen LogP) is 5.73. The van der Waals surface area contributed by atoms with E-state index in [1.165, 1.54) is 29.6 Å². The van der Waals surface area contributed by atoms with Crippen molar-refractivity contribution < 1.29 is 9.53 Å². The van der Waals surface area contributed by atoms with Crippen molar-refractivity contribution in [2.75, 3.05) is 17.7 Å². The molecule has 2 amide bonds. The van der Waals surface area contributed by atoms with Gasteiger partial charge < -0.3 is 10.1 Å². The van der Waals surface area contributed by atoms with Crippen LogP contribution in [0.15, 0.2) is 41.8 Å². The van der Waals surface area contributed by atoms with Gasteiger partial charge in [-0.2, -0.15) is 0 Å². The number of nitrogens with zero attached hydrogens (tertiary/aromatic N) is 1. The van der Waals surface area contributed by atoms with Crippen molar-refractivity contribution in [3.8, 4) is 17.0 Å². The molecular weight excluding hydrogens is 370 g/mol. The van der Waals surface area contributed by atoms with Gasteiger partial charge in [-0.25, -0.2) is 9.78 Å². The highest BCUT2D eigenvalue weighted by Crippen LogP contribution is 2.29. The molecule has 0 fully saturated rings. The largest absolute Gasteiger partial charge is 0.495 e. The second-order valence-electron chi connectivity index (χ2n) is 5.76. The molecule has 0 spiro atoms. The van der Waals surface area contributed by atoms with E-state index >= 15 is 0 Å². The van der Waals surface area contributed by atoms with Gasteiger partial charge in [0.15, 0.2) is 5.13 Å². The number of aryl methyl sites for hydroxylation is 2. The third-order valence-corrected chi connectivity index (χ3v) is 4.93. The minimum atomic E-state index is -0.411. The molecule has 0 aliphatic heterocycles. The van der Waals surface area contributed by atoms with Crippen molar-refractivity contribution in [2.24, 2.45) is 0 Å². The number of halogens is 1. The highest BCUT2D eigenvalue weighted by Gasteiger charge is 2.11. The molecule has 3 rings (SSSR count). The van der Waals surface area contributed by atoms with E-state index in [0.29, 0.717) is 21.6 Å². The monoisotopic (exact) mass is 387 g/mol.